The molecule has 128 valence electrons. The van der Waals surface area contributed by atoms with E-state index in [1.807, 2.05) is 0 Å². The van der Waals surface area contributed by atoms with Gasteiger partial charge in [0, 0.05) is 5.56 Å². The second-order valence-corrected chi connectivity index (χ2v) is 6.72. The number of nitrogens with one attached hydrogen (secondary N) is 2. The molecule has 2 aromatic rings. The second kappa shape index (κ2) is 8.06. The summed E-state index contributed by atoms with van der Waals surface area (Å²) in [5, 5.41) is 0. The molecule has 0 saturated carbocycles. The van der Waals surface area contributed by atoms with Gasteiger partial charge in [-0.2, -0.15) is 8.78 Å². The van der Waals surface area contributed by atoms with E-state index in [1.54, 1.807) is 12.1 Å². The van der Waals surface area contributed by atoms with Gasteiger partial charge in [0.2, 0.25) is 0 Å². The lowest BCUT2D eigenvalue weighted by Crippen LogP contribution is -2.41. The molecule has 0 bridgehead atoms. The summed E-state index contributed by atoms with van der Waals surface area (Å²) in [7, 11) is 1.26. The summed E-state index contributed by atoms with van der Waals surface area (Å²) >= 11 is 4.43. The molecule has 2 amide bonds. The molecule has 6 nitrogen and oxygen atoms in total. The molecule has 0 aliphatic rings. The van der Waals surface area contributed by atoms with E-state index in [0.717, 1.165) is 3.79 Å². The zero-order valence-electron chi connectivity index (χ0n) is 12.1. The minimum atomic E-state index is -3.01. The lowest BCUT2D eigenvalue weighted by Gasteiger charge is -2.11. The number of methoxy groups -OCH3 is 1. The fraction of sp³-hybridized carbons (Fsp3) is 0.143. The molecule has 0 unspecified atom stereocenters. The Bertz CT molecular complexity index is 754. The van der Waals surface area contributed by atoms with Gasteiger partial charge in [0.1, 0.15) is 0 Å². The average molecular weight is 421 g/mol. The van der Waals surface area contributed by atoms with E-state index in [2.05, 4.69) is 31.5 Å². The molecule has 0 radical (unpaired) electrons. The number of amides is 2. The first kappa shape index (κ1) is 18.1. The molecule has 1 aromatic carbocycles. The van der Waals surface area contributed by atoms with Crippen molar-refractivity contribution in [1.82, 2.24) is 10.9 Å². The SMILES string of the molecule is COc1cc(C(=O)NNC(=O)c2ccc(Br)s2)ccc1OC(F)F. The van der Waals surface area contributed by atoms with Gasteiger partial charge in [-0.15, -0.1) is 11.3 Å². The van der Waals surface area contributed by atoms with E-state index in [0.29, 0.717) is 4.88 Å². The van der Waals surface area contributed by atoms with Gasteiger partial charge < -0.3 is 9.47 Å². The zero-order valence-corrected chi connectivity index (χ0v) is 14.5. The minimum Gasteiger partial charge on any atom is -0.493 e. The molecule has 2 rings (SSSR count). The fourth-order valence-corrected chi connectivity index (χ4v) is 2.97. The molecule has 1 aromatic heterocycles. The van der Waals surface area contributed by atoms with Gasteiger partial charge in [-0.3, -0.25) is 20.4 Å². The van der Waals surface area contributed by atoms with Crippen molar-refractivity contribution in [2.75, 3.05) is 7.11 Å². The number of hydrogen-bond acceptors (Lipinski definition) is 5. The van der Waals surface area contributed by atoms with Crippen LogP contribution in [0.25, 0.3) is 0 Å². The van der Waals surface area contributed by atoms with Gasteiger partial charge in [-0.25, -0.2) is 0 Å². The van der Waals surface area contributed by atoms with E-state index in [9.17, 15) is 18.4 Å². The van der Waals surface area contributed by atoms with Gasteiger partial charge in [0.25, 0.3) is 11.8 Å². The molecule has 10 heteroatoms. The Balaban J connectivity index is 2.03. The van der Waals surface area contributed by atoms with Crippen LogP contribution in [0.4, 0.5) is 8.78 Å². The summed E-state index contributed by atoms with van der Waals surface area (Å²) in [5.41, 5.74) is 4.58. The maximum atomic E-state index is 12.3. The molecule has 0 aliphatic heterocycles. The number of thiophene rings is 1. The molecule has 0 aliphatic carbocycles. The van der Waals surface area contributed by atoms with Crippen molar-refractivity contribution in [3.63, 3.8) is 0 Å². The molecule has 1 heterocycles. The Morgan fingerprint density at radius 2 is 1.83 bits per heavy atom. The third-order valence-corrected chi connectivity index (χ3v) is 4.35. The predicted octanol–water partition coefficient (Wildman–Crippen LogP) is 3.20. The highest BCUT2D eigenvalue weighted by molar-refractivity contribution is 9.11. The summed E-state index contributed by atoms with van der Waals surface area (Å²) in [5.74, 6) is -1.35. The number of alkyl halides is 2. The van der Waals surface area contributed by atoms with Gasteiger partial charge in [-0.1, -0.05) is 0 Å². The molecule has 0 saturated heterocycles. The van der Waals surface area contributed by atoms with Gasteiger partial charge in [0.05, 0.1) is 15.8 Å². The minimum absolute atomic E-state index is 0.0311. The van der Waals surface area contributed by atoms with Crippen molar-refractivity contribution < 1.29 is 27.8 Å². The van der Waals surface area contributed by atoms with Crippen LogP contribution < -0.4 is 20.3 Å². The van der Waals surface area contributed by atoms with Crippen molar-refractivity contribution in [3.8, 4) is 11.5 Å². The summed E-state index contributed by atoms with van der Waals surface area (Å²) in [6, 6.07) is 6.96. The molecule has 0 atom stereocenters. The molecule has 0 fully saturated rings. The highest BCUT2D eigenvalue weighted by Gasteiger charge is 2.15. The van der Waals surface area contributed by atoms with Crippen LogP contribution in [-0.2, 0) is 0 Å². The van der Waals surface area contributed by atoms with Gasteiger partial charge in [-0.05, 0) is 46.3 Å². The van der Waals surface area contributed by atoms with E-state index in [1.165, 1.54) is 36.6 Å². The number of halogens is 3. The van der Waals surface area contributed by atoms with Crippen LogP contribution in [0, 0.1) is 0 Å². The molecular formula is C14H11BrF2N2O4S. The standard InChI is InChI=1S/C14H11BrF2N2O4S/c1-22-9-6-7(2-3-8(9)23-14(16)17)12(20)18-19-13(21)10-4-5-11(15)24-10/h2-6,14H,1H3,(H,18,20)(H,19,21). The van der Waals surface area contributed by atoms with Crippen LogP contribution in [0.2, 0.25) is 0 Å². The third-order valence-electron chi connectivity index (χ3n) is 2.73. The van der Waals surface area contributed by atoms with E-state index in [4.69, 9.17) is 4.74 Å². The van der Waals surface area contributed by atoms with Crippen LogP contribution in [0.3, 0.4) is 0 Å². The van der Waals surface area contributed by atoms with Crippen LogP contribution >= 0.6 is 27.3 Å². The lowest BCUT2D eigenvalue weighted by atomic mass is 10.2. The van der Waals surface area contributed by atoms with Crippen LogP contribution in [-0.4, -0.2) is 25.5 Å². The summed E-state index contributed by atoms with van der Waals surface area (Å²) in [6.07, 6.45) is 0. The number of hydrogen-bond donors (Lipinski definition) is 2. The van der Waals surface area contributed by atoms with E-state index < -0.39 is 18.4 Å². The topological polar surface area (TPSA) is 76.7 Å². The predicted molar refractivity (Wildman–Crippen MR) is 86.6 cm³/mol. The summed E-state index contributed by atoms with van der Waals surface area (Å²) in [6.45, 7) is -3.01. The van der Waals surface area contributed by atoms with Crippen molar-refractivity contribution >= 4 is 39.1 Å². The van der Waals surface area contributed by atoms with Crippen molar-refractivity contribution in [2.45, 2.75) is 6.61 Å². The normalized spacial score (nSPS) is 10.4. The van der Waals surface area contributed by atoms with Gasteiger partial charge in [0.15, 0.2) is 11.5 Å². The zero-order chi connectivity index (χ0) is 17.7. The molecular weight excluding hydrogens is 410 g/mol. The molecule has 0 spiro atoms. The largest absolute Gasteiger partial charge is 0.493 e. The number of carbonyl (C=O) groups is 2. The molecule has 24 heavy (non-hydrogen) atoms. The van der Waals surface area contributed by atoms with E-state index >= 15 is 0 Å². The number of rotatable bonds is 5. The monoisotopic (exact) mass is 420 g/mol. The molecule has 2 N–H and O–H groups in total. The first-order valence-corrected chi connectivity index (χ1v) is 8.00. The van der Waals surface area contributed by atoms with Crippen molar-refractivity contribution in [1.29, 1.82) is 0 Å². The lowest BCUT2D eigenvalue weighted by molar-refractivity contribution is -0.0512. The Morgan fingerprint density at radius 1 is 1.12 bits per heavy atom. The third kappa shape index (κ3) is 4.65. The van der Waals surface area contributed by atoms with Crippen LogP contribution in [0.1, 0.15) is 20.0 Å². The average Bonchev–Trinajstić information content (AvgIpc) is 2.98. The number of carbonyl (C=O) groups excluding carboxylic acids is 2. The first-order valence-electron chi connectivity index (χ1n) is 6.39. The van der Waals surface area contributed by atoms with Gasteiger partial charge >= 0.3 is 6.61 Å². The fourth-order valence-electron chi connectivity index (χ4n) is 1.69. The van der Waals surface area contributed by atoms with Crippen molar-refractivity contribution in [3.05, 3.63) is 44.6 Å². The Kier molecular flexibility index (Phi) is 6.10. The quantitative estimate of drug-likeness (QED) is 0.728. The van der Waals surface area contributed by atoms with E-state index in [-0.39, 0.29) is 17.1 Å². The summed E-state index contributed by atoms with van der Waals surface area (Å²) in [4.78, 5) is 24.2. The number of hydrazine groups is 1. The smallest absolute Gasteiger partial charge is 0.387 e. The summed E-state index contributed by atoms with van der Waals surface area (Å²) < 4.78 is 34.5. The Morgan fingerprint density at radius 3 is 2.42 bits per heavy atom. The second-order valence-electron chi connectivity index (χ2n) is 4.26. The van der Waals surface area contributed by atoms with Crippen molar-refractivity contribution in [2.24, 2.45) is 0 Å². The highest BCUT2D eigenvalue weighted by Crippen LogP contribution is 2.29. The number of ether oxygens (including phenoxy) is 2. The maximum Gasteiger partial charge on any atom is 0.387 e. The Labute approximate surface area is 147 Å². The first-order chi connectivity index (χ1) is 11.4. The highest BCUT2D eigenvalue weighted by atomic mass is 79.9. The Hall–Kier alpha value is -2.20. The van der Waals surface area contributed by atoms with Crippen LogP contribution in [0.15, 0.2) is 34.1 Å². The maximum absolute atomic E-state index is 12.3. The number of benzene rings is 1. The van der Waals surface area contributed by atoms with Crippen LogP contribution in [0.5, 0.6) is 11.5 Å².